The highest BCUT2D eigenvalue weighted by Gasteiger charge is 1.99. The van der Waals surface area contributed by atoms with E-state index < -0.39 is 0 Å². The molecule has 0 fully saturated rings. The number of rotatable bonds is 4. The van der Waals surface area contributed by atoms with Crippen molar-refractivity contribution in [2.45, 2.75) is 13.1 Å². The van der Waals surface area contributed by atoms with Gasteiger partial charge in [0.1, 0.15) is 11.5 Å². The number of hydrogen-bond donors (Lipinski definition) is 2. The number of thiocarbonyl (C=S) groups is 1. The molecule has 0 saturated heterocycles. The van der Waals surface area contributed by atoms with Gasteiger partial charge in [-0.15, -0.1) is 0 Å². The molecule has 0 unspecified atom stereocenters. The lowest BCUT2D eigenvalue weighted by molar-refractivity contribution is 0.495. The first-order chi connectivity index (χ1) is 7.84. The minimum absolute atomic E-state index is 0.577. The summed E-state index contributed by atoms with van der Waals surface area (Å²) in [5.41, 5.74) is 0. The van der Waals surface area contributed by atoms with Gasteiger partial charge >= 0.3 is 0 Å². The third-order valence-electron chi connectivity index (χ3n) is 2.01. The molecule has 0 aliphatic heterocycles. The molecular formula is C11H12N2O2S. The van der Waals surface area contributed by atoms with Gasteiger partial charge in [0.05, 0.1) is 25.6 Å². The van der Waals surface area contributed by atoms with Gasteiger partial charge in [-0.3, -0.25) is 0 Å². The molecule has 2 heterocycles. The molecule has 0 amide bonds. The quantitative estimate of drug-likeness (QED) is 0.796. The van der Waals surface area contributed by atoms with Crippen LogP contribution in [0.25, 0.3) is 0 Å². The molecule has 0 aliphatic rings. The topological polar surface area (TPSA) is 50.3 Å². The average Bonchev–Trinajstić information content (AvgIpc) is 2.96. The van der Waals surface area contributed by atoms with Gasteiger partial charge in [-0.25, -0.2) is 0 Å². The summed E-state index contributed by atoms with van der Waals surface area (Å²) in [5, 5.41) is 6.64. The van der Waals surface area contributed by atoms with Crippen LogP contribution in [0.4, 0.5) is 0 Å². The molecule has 2 aromatic heterocycles. The van der Waals surface area contributed by atoms with E-state index in [1.165, 1.54) is 0 Å². The highest BCUT2D eigenvalue weighted by atomic mass is 32.1. The zero-order valence-corrected chi connectivity index (χ0v) is 9.42. The van der Waals surface area contributed by atoms with E-state index in [9.17, 15) is 0 Å². The third kappa shape index (κ3) is 3.13. The van der Waals surface area contributed by atoms with E-state index in [2.05, 4.69) is 10.6 Å². The zero-order chi connectivity index (χ0) is 11.2. The third-order valence-corrected chi connectivity index (χ3v) is 2.30. The molecule has 84 valence electrons. The van der Waals surface area contributed by atoms with Gasteiger partial charge in [0.15, 0.2) is 5.11 Å². The highest BCUT2D eigenvalue weighted by molar-refractivity contribution is 7.80. The first kappa shape index (κ1) is 10.8. The lowest BCUT2D eigenvalue weighted by atomic mass is 10.4. The van der Waals surface area contributed by atoms with Crippen LogP contribution >= 0.6 is 12.2 Å². The maximum atomic E-state index is 5.17. The van der Waals surface area contributed by atoms with Crippen molar-refractivity contribution in [1.82, 2.24) is 10.6 Å². The second-order valence-corrected chi connectivity index (χ2v) is 3.60. The smallest absolute Gasteiger partial charge is 0.167 e. The molecule has 0 atom stereocenters. The second kappa shape index (κ2) is 5.37. The Balaban J connectivity index is 1.69. The average molecular weight is 236 g/mol. The summed E-state index contributed by atoms with van der Waals surface area (Å²) >= 11 is 5.09. The summed E-state index contributed by atoms with van der Waals surface area (Å²) in [6.45, 7) is 1.16. The van der Waals surface area contributed by atoms with Crippen LogP contribution < -0.4 is 10.6 Å². The Labute approximate surface area is 98.6 Å². The predicted molar refractivity (Wildman–Crippen MR) is 63.7 cm³/mol. The van der Waals surface area contributed by atoms with Gasteiger partial charge in [-0.2, -0.15) is 0 Å². The van der Waals surface area contributed by atoms with E-state index in [1.54, 1.807) is 12.5 Å². The normalized spacial score (nSPS) is 10.0. The Bertz CT molecular complexity index is 383. The summed E-state index contributed by atoms with van der Waals surface area (Å²) in [6.07, 6.45) is 3.27. The van der Waals surface area contributed by atoms with Crippen molar-refractivity contribution in [2.75, 3.05) is 0 Å². The molecule has 0 radical (unpaired) electrons. The summed E-state index contributed by atoms with van der Waals surface area (Å²) in [4.78, 5) is 0. The van der Waals surface area contributed by atoms with Crippen molar-refractivity contribution in [2.24, 2.45) is 0 Å². The fourth-order valence-electron chi connectivity index (χ4n) is 1.22. The Kier molecular flexibility index (Phi) is 3.61. The van der Waals surface area contributed by atoms with Crippen LogP contribution in [0.3, 0.4) is 0 Å². The fraction of sp³-hybridized carbons (Fsp3) is 0.182. The van der Waals surface area contributed by atoms with Gasteiger partial charge in [-0.05, 0) is 36.5 Å². The maximum absolute atomic E-state index is 5.17. The summed E-state index contributed by atoms with van der Waals surface area (Å²) in [5.74, 6) is 1.70. The lowest BCUT2D eigenvalue weighted by Crippen LogP contribution is -2.34. The van der Waals surface area contributed by atoms with Crippen LogP contribution in [-0.4, -0.2) is 5.11 Å². The summed E-state index contributed by atoms with van der Waals surface area (Å²) in [6, 6.07) is 7.47. The van der Waals surface area contributed by atoms with E-state index in [-0.39, 0.29) is 0 Å². The van der Waals surface area contributed by atoms with Crippen molar-refractivity contribution < 1.29 is 8.83 Å². The SMILES string of the molecule is S=C(NCc1ccco1)NCc1ccco1. The molecule has 4 nitrogen and oxygen atoms in total. The Morgan fingerprint density at radius 3 is 1.88 bits per heavy atom. The number of hydrogen-bond acceptors (Lipinski definition) is 3. The predicted octanol–water partition coefficient (Wildman–Crippen LogP) is 2.04. The first-order valence-corrected chi connectivity index (χ1v) is 5.32. The maximum Gasteiger partial charge on any atom is 0.167 e. The number of furan rings is 2. The van der Waals surface area contributed by atoms with Gasteiger partial charge in [0.2, 0.25) is 0 Å². The first-order valence-electron chi connectivity index (χ1n) is 4.91. The molecule has 5 heteroatoms. The number of nitrogens with one attached hydrogen (secondary N) is 2. The largest absolute Gasteiger partial charge is 0.467 e. The van der Waals surface area contributed by atoms with Crippen molar-refractivity contribution in [1.29, 1.82) is 0 Å². The fourth-order valence-corrected chi connectivity index (χ4v) is 1.37. The van der Waals surface area contributed by atoms with Gasteiger partial charge in [0.25, 0.3) is 0 Å². The molecular weight excluding hydrogens is 224 g/mol. The summed E-state index contributed by atoms with van der Waals surface area (Å²) in [7, 11) is 0. The van der Waals surface area contributed by atoms with Crippen LogP contribution in [0.15, 0.2) is 45.6 Å². The van der Waals surface area contributed by atoms with E-state index in [0.29, 0.717) is 18.2 Å². The van der Waals surface area contributed by atoms with Crippen molar-refractivity contribution in [3.63, 3.8) is 0 Å². The molecule has 0 aliphatic carbocycles. The van der Waals surface area contributed by atoms with E-state index in [1.807, 2.05) is 24.3 Å². The lowest BCUT2D eigenvalue weighted by Gasteiger charge is -2.07. The molecule has 2 N–H and O–H groups in total. The Morgan fingerprint density at radius 2 is 1.50 bits per heavy atom. The van der Waals surface area contributed by atoms with Crippen LogP contribution in [-0.2, 0) is 13.1 Å². The molecule has 0 aromatic carbocycles. The van der Waals surface area contributed by atoms with Crippen molar-refractivity contribution in [3.05, 3.63) is 48.3 Å². The highest BCUT2D eigenvalue weighted by Crippen LogP contribution is 1.99. The monoisotopic (exact) mass is 236 g/mol. The van der Waals surface area contributed by atoms with Gasteiger partial charge < -0.3 is 19.5 Å². The van der Waals surface area contributed by atoms with Crippen molar-refractivity contribution in [3.8, 4) is 0 Å². The van der Waals surface area contributed by atoms with Crippen LogP contribution in [0.1, 0.15) is 11.5 Å². The molecule has 16 heavy (non-hydrogen) atoms. The van der Waals surface area contributed by atoms with Crippen LogP contribution in [0, 0.1) is 0 Å². The summed E-state index contributed by atoms with van der Waals surface area (Å²) < 4.78 is 10.3. The molecule has 0 saturated carbocycles. The van der Waals surface area contributed by atoms with E-state index in [0.717, 1.165) is 11.5 Å². The van der Waals surface area contributed by atoms with Crippen LogP contribution in [0.5, 0.6) is 0 Å². The minimum Gasteiger partial charge on any atom is -0.467 e. The van der Waals surface area contributed by atoms with Gasteiger partial charge in [-0.1, -0.05) is 0 Å². The zero-order valence-electron chi connectivity index (χ0n) is 8.60. The molecule has 0 bridgehead atoms. The van der Waals surface area contributed by atoms with E-state index >= 15 is 0 Å². The van der Waals surface area contributed by atoms with Crippen molar-refractivity contribution >= 4 is 17.3 Å². The standard InChI is InChI=1S/C11H12N2O2S/c16-11(12-7-9-3-1-5-14-9)13-8-10-4-2-6-15-10/h1-6H,7-8H2,(H2,12,13,16). The molecule has 2 rings (SSSR count). The van der Waals surface area contributed by atoms with Gasteiger partial charge in [0, 0.05) is 0 Å². The molecule has 0 spiro atoms. The Hall–Kier alpha value is -1.75. The minimum atomic E-state index is 0.577. The molecule has 2 aromatic rings. The Morgan fingerprint density at radius 1 is 1.00 bits per heavy atom. The van der Waals surface area contributed by atoms with Crippen LogP contribution in [0.2, 0.25) is 0 Å². The second-order valence-electron chi connectivity index (χ2n) is 3.19. The van der Waals surface area contributed by atoms with E-state index in [4.69, 9.17) is 21.1 Å².